The van der Waals surface area contributed by atoms with Gasteiger partial charge >= 0.3 is 0 Å². The molecule has 0 saturated carbocycles. The minimum atomic E-state index is -0.0249. The Morgan fingerprint density at radius 1 is 1.50 bits per heavy atom. The fourth-order valence-corrected chi connectivity index (χ4v) is 1.77. The zero-order chi connectivity index (χ0) is 13.1. The first-order valence-corrected chi connectivity index (χ1v) is 5.54. The molecular weight excluding hydrogens is 230 g/mol. The van der Waals surface area contributed by atoms with Gasteiger partial charge in [0.2, 0.25) is 0 Å². The van der Waals surface area contributed by atoms with E-state index in [-0.39, 0.29) is 5.78 Å². The lowest BCUT2D eigenvalue weighted by Crippen LogP contribution is -2.06. The average molecular weight is 245 g/mol. The third kappa shape index (κ3) is 2.51. The minimum Gasteiger partial charge on any atom is -0.497 e. The van der Waals surface area contributed by atoms with Crippen LogP contribution in [-0.2, 0) is 13.5 Å². The summed E-state index contributed by atoms with van der Waals surface area (Å²) in [4.78, 5) is 12.1. The number of Topliss-reactive ketones (excluding diaryl/α,β-unsaturated/α-hetero) is 1. The fourth-order valence-electron chi connectivity index (χ4n) is 1.77. The number of nitrogen functional groups attached to an aromatic ring is 1. The van der Waals surface area contributed by atoms with Gasteiger partial charge in [-0.05, 0) is 17.7 Å². The highest BCUT2D eigenvalue weighted by Crippen LogP contribution is 2.21. The van der Waals surface area contributed by atoms with Crippen LogP contribution in [0.4, 0.5) is 5.69 Å². The Kier molecular flexibility index (Phi) is 3.32. The van der Waals surface area contributed by atoms with E-state index in [1.165, 1.54) is 0 Å². The molecule has 0 bridgehead atoms. The number of ketones is 1. The lowest BCUT2D eigenvalue weighted by molar-refractivity contribution is 0.0994. The molecule has 0 aliphatic heterocycles. The molecule has 0 spiro atoms. The first-order valence-electron chi connectivity index (χ1n) is 5.54. The largest absolute Gasteiger partial charge is 0.497 e. The van der Waals surface area contributed by atoms with Gasteiger partial charge in [-0.15, -0.1) is 0 Å². The Morgan fingerprint density at radius 3 is 2.83 bits per heavy atom. The third-order valence-electron chi connectivity index (χ3n) is 2.68. The number of anilines is 1. The van der Waals surface area contributed by atoms with E-state index in [1.54, 1.807) is 36.2 Å². The molecule has 1 aromatic heterocycles. The van der Waals surface area contributed by atoms with Crippen molar-refractivity contribution in [2.45, 2.75) is 6.42 Å². The van der Waals surface area contributed by atoms with E-state index in [1.807, 2.05) is 13.2 Å². The monoisotopic (exact) mass is 245 g/mol. The Balaban J connectivity index is 2.18. The van der Waals surface area contributed by atoms with E-state index in [4.69, 9.17) is 10.5 Å². The van der Waals surface area contributed by atoms with Crippen molar-refractivity contribution >= 4 is 11.5 Å². The van der Waals surface area contributed by atoms with Crippen LogP contribution >= 0.6 is 0 Å². The Labute approximate surface area is 105 Å². The maximum atomic E-state index is 12.1. The molecule has 0 atom stereocenters. The van der Waals surface area contributed by atoms with Crippen molar-refractivity contribution in [3.63, 3.8) is 0 Å². The second-order valence-corrected chi connectivity index (χ2v) is 4.08. The summed E-state index contributed by atoms with van der Waals surface area (Å²) in [6.07, 6.45) is 3.79. The number of aromatic nitrogens is 2. The summed E-state index contributed by atoms with van der Waals surface area (Å²) < 4.78 is 6.71. The van der Waals surface area contributed by atoms with Crippen molar-refractivity contribution in [2.75, 3.05) is 12.8 Å². The van der Waals surface area contributed by atoms with Crippen LogP contribution in [0.5, 0.6) is 5.75 Å². The Bertz CT molecular complexity index is 575. The van der Waals surface area contributed by atoms with Gasteiger partial charge < -0.3 is 10.5 Å². The first-order chi connectivity index (χ1) is 8.60. The topological polar surface area (TPSA) is 70.1 Å². The van der Waals surface area contributed by atoms with Gasteiger partial charge in [0.25, 0.3) is 0 Å². The van der Waals surface area contributed by atoms with Crippen molar-refractivity contribution in [1.82, 2.24) is 9.78 Å². The average Bonchev–Trinajstić information content (AvgIpc) is 2.74. The molecule has 0 amide bonds. The molecule has 5 nitrogen and oxygen atoms in total. The number of rotatable bonds is 4. The molecule has 94 valence electrons. The van der Waals surface area contributed by atoms with Gasteiger partial charge in [0, 0.05) is 37.0 Å². The maximum Gasteiger partial charge on any atom is 0.169 e. The summed E-state index contributed by atoms with van der Waals surface area (Å²) in [5.74, 6) is 0.619. The number of nitrogens with two attached hydrogens (primary N) is 1. The Morgan fingerprint density at radius 2 is 2.28 bits per heavy atom. The molecule has 0 fully saturated rings. The second-order valence-electron chi connectivity index (χ2n) is 4.08. The highest BCUT2D eigenvalue weighted by Gasteiger charge is 2.12. The van der Waals surface area contributed by atoms with Crippen molar-refractivity contribution in [1.29, 1.82) is 0 Å². The van der Waals surface area contributed by atoms with Gasteiger partial charge in [-0.3, -0.25) is 9.48 Å². The van der Waals surface area contributed by atoms with Crippen molar-refractivity contribution < 1.29 is 9.53 Å². The van der Waals surface area contributed by atoms with Gasteiger partial charge in [0.05, 0.1) is 13.3 Å². The molecule has 1 heterocycles. The summed E-state index contributed by atoms with van der Waals surface area (Å²) >= 11 is 0. The van der Waals surface area contributed by atoms with Gasteiger partial charge in [0.15, 0.2) is 5.78 Å². The Hall–Kier alpha value is -2.30. The molecule has 0 aliphatic carbocycles. The lowest BCUT2D eigenvalue weighted by Gasteiger charge is -2.06. The zero-order valence-electron chi connectivity index (χ0n) is 10.4. The predicted molar refractivity (Wildman–Crippen MR) is 68.6 cm³/mol. The molecule has 1 aromatic carbocycles. The number of aryl methyl sites for hydroxylation is 1. The highest BCUT2D eigenvalue weighted by molar-refractivity contribution is 6.02. The number of hydrogen-bond acceptors (Lipinski definition) is 4. The van der Waals surface area contributed by atoms with Crippen LogP contribution in [0.2, 0.25) is 0 Å². The summed E-state index contributed by atoms with van der Waals surface area (Å²) in [6.45, 7) is 0. The zero-order valence-corrected chi connectivity index (χ0v) is 10.4. The number of nitrogens with zero attached hydrogens (tertiary/aromatic N) is 2. The second kappa shape index (κ2) is 4.91. The molecular formula is C13H15N3O2. The quantitative estimate of drug-likeness (QED) is 0.653. The molecule has 5 heteroatoms. The normalized spacial score (nSPS) is 10.3. The smallest absolute Gasteiger partial charge is 0.169 e. The van der Waals surface area contributed by atoms with Crippen molar-refractivity contribution in [2.24, 2.45) is 7.05 Å². The van der Waals surface area contributed by atoms with Gasteiger partial charge in [-0.2, -0.15) is 5.10 Å². The molecule has 0 saturated heterocycles. The molecule has 18 heavy (non-hydrogen) atoms. The SMILES string of the molecule is COc1ccc(C(=O)Cc2cnn(C)c2)c(N)c1. The number of carbonyl (C=O) groups is 1. The van der Waals surface area contributed by atoms with E-state index >= 15 is 0 Å². The molecule has 0 aliphatic rings. The molecule has 2 aromatic rings. The molecule has 2 rings (SSSR count). The van der Waals surface area contributed by atoms with Crippen LogP contribution in [0.3, 0.4) is 0 Å². The summed E-state index contributed by atoms with van der Waals surface area (Å²) in [5, 5.41) is 4.03. The van der Waals surface area contributed by atoms with E-state index in [0.29, 0.717) is 23.4 Å². The summed E-state index contributed by atoms with van der Waals surface area (Å²) in [6, 6.07) is 5.07. The van der Waals surface area contributed by atoms with Crippen LogP contribution in [0.15, 0.2) is 30.6 Å². The standard InChI is InChI=1S/C13H15N3O2/c1-16-8-9(7-15-16)5-13(17)11-4-3-10(18-2)6-12(11)14/h3-4,6-8H,5,14H2,1-2H3. The van der Waals surface area contributed by atoms with Gasteiger partial charge in [0.1, 0.15) is 5.75 Å². The molecule has 0 radical (unpaired) electrons. The lowest BCUT2D eigenvalue weighted by atomic mass is 10.0. The number of hydrogen-bond donors (Lipinski definition) is 1. The minimum absolute atomic E-state index is 0.0249. The highest BCUT2D eigenvalue weighted by atomic mass is 16.5. The van der Waals surface area contributed by atoms with E-state index in [2.05, 4.69) is 5.10 Å². The van der Waals surface area contributed by atoms with Gasteiger partial charge in [-0.1, -0.05) is 0 Å². The van der Waals surface area contributed by atoms with Crippen LogP contribution in [0.25, 0.3) is 0 Å². The maximum absolute atomic E-state index is 12.1. The van der Waals surface area contributed by atoms with Crippen LogP contribution in [0, 0.1) is 0 Å². The number of ether oxygens (including phenoxy) is 1. The summed E-state index contributed by atoms with van der Waals surface area (Å²) in [7, 11) is 3.38. The van der Waals surface area contributed by atoms with Crippen molar-refractivity contribution in [3.8, 4) is 5.75 Å². The third-order valence-corrected chi connectivity index (χ3v) is 2.68. The van der Waals surface area contributed by atoms with Crippen molar-refractivity contribution in [3.05, 3.63) is 41.7 Å². The first kappa shape index (κ1) is 12.2. The number of benzene rings is 1. The van der Waals surface area contributed by atoms with Crippen LogP contribution in [-0.4, -0.2) is 22.7 Å². The van der Waals surface area contributed by atoms with Crippen LogP contribution < -0.4 is 10.5 Å². The van der Waals surface area contributed by atoms with E-state index in [9.17, 15) is 4.79 Å². The number of carbonyl (C=O) groups excluding carboxylic acids is 1. The van der Waals surface area contributed by atoms with E-state index in [0.717, 1.165) is 5.56 Å². The fraction of sp³-hybridized carbons (Fsp3) is 0.231. The molecule has 2 N–H and O–H groups in total. The molecule has 0 unspecified atom stereocenters. The predicted octanol–water partition coefficient (Wildman–Crippen LogP) is 1.44. The van der Waals surface area contributed by atoms with Crippen LogP contribution in [0.1, 0.15) is 15.9 Å². The number of methoxy groups -OCH3 is 1. The van der Waals surface area contributed by atoms with Gasteiger partial charge in [-0.25, -0.2) is 0 Å². The van der Waals surface area contributed by atoms with E-state index < -0.39 is 0 Å². The summed E-state index contributed by atoms with van der Waals surface area (Å²) in [5.41, 5.74) is 7.66.